The summed E-state index contributed by atoms with van der Waals surface area (Å²) >= 11 is 0. The molecule has 2 saturated heterocycles. The summed E-state index contributed by atoms with van der Waals surface area (Å²) in [6, 6.07) is 22.6. The van der Waals surface area contributed by atoms with Crippen LogP contribution in [-0.2, 0) is 41.5 Å². The smallest absolute Gasteiger partial charge is 0.358 e. The first-order valence-electron chi connectivity index (χ1n) is 21.4. The average Bonchev–Trinajstić information content (AvgIpc) is 3.30. The number of hydrogen-bond acceptors (Lipinski definition) is 18. The summed E-state index contributed by atoms with van der Waals surface area (Å²) in [5.74, 6) is -1.20. The highest BCUT2D eigenvalue weighted by molar-refractivity contribution is 5.90. The number of para-hydroxylation sites is 4. The minimum absolute atomic E-state index is 0.0212. The molecule has 0 bridgehead atoms. The van der Waals surface area contributed by atoms with Gasteiger partial charge in [0, 0.05) is 25.9 Å². The lowest BCUT2D eigenvalue weighted by Gasteiger charge is -2.51. The van der Waals surface area contributed by atoms with Crippen molar-refractivity contribution < 1.29 is 48.2 Å². The van der Waals surface area contributed by atoms with Crippen molar-refractivity contribution in [3.05, 3.63) is 108 Å². The molecule has 2 fully saturated rings. The standard InChI is InChI=1S/C46H58N8O10/c1-29-41(55)45(53(3)4,23-39(63-29)59-19-21-61-43(57)37-27-47-33-11-7-9-13-35(33)51-37)49-25-31-15-17-32(18-16-31)26-50-46(54(5)6)24-40(64-30(2)42(46)56)60-20-22-62-44(58)38-28-48-34-12-8-10-14-36(34)52-38/h7-18,27-30,39-42,49-50,55-56H,19-26H2,1-6H3/t29-,30-,39-,40-,41-,42-,45-,46-/m1/s1. The van der Waals surface area contributed by atoms with Crippen molar-refractivity contribution in [3.8, 4) is 0 Å². The number of benzene rings is 3. The van der Waals surface area contributed by atoms with Crippen molar-refractivity contribution in [2.24, 2.45) is 0 Å². The van der Waals surface area contributed by atoms with Gasteiger partial charge in [-0.15, -0.1) is 0 Å². The first-order valence-corrected chi connectivity index (χ1v) is 21.4. The van der Waals surface area contributed by atoms with E-state index in [0.29, 0.717) is 48.0 Å². The van der Waals surface area contributed by atoms with E-state index in [2.05, 4.69) is 30.6 Å². The van der Waals surface area contributed by atoms with Crippen molar-refractivity contribution in [3.63, 3.8) is 0 Å². The number of hydrogen-bond donors (Lipinski definition) is 4. The van der Waals surface area contributed by atoms with Crippen LogP contribution in [0.5, 0.6) is 0 Å². The Morgan fingerprint density at radius 2 is 1.00 bits per heavy atom. The van der Waals surface area contributed by atoms with Gasteiger partial charge in [0.05, 0.1) is 59.9 Å². The van der Waals surface area contributed by atoms with Gasteiger partial charge in [-0.05, 0) is 77.4 Å². The van der Waals surface area contributed by atoms with Crippen LogP contribution in [0.3, 0.4) is 0 Å². The van der Waals surface area contributed by atoms with Crippen molar-refractivity contribution in [1.82, 2.24) is 40.4 Å². The minimum Gasteiger partial charge on any atom is -0.458 e. The molecule has 2 aliphatic rings. The van der Waals surface area contributed by atoms with E-state index in [4.69, 9.17) is 28.4 Å². The molecular formula is C46H58N8O10. The second-order valence-electron chi connectivity index (χ2n) is 16.5. The summed E-state index contributed by atoms with van der Waals surface area (Å²) in [6.07, 6.45) is -0.912. The second kappa shape index (κ2) is 20.8. The highest BCUT2D eigenvalue weighted by atomic mass is 16.7. The molecule has 2 aromatic heterocycles. The third-order valence-electron chi connectivity index (χ3n) is 11.9. The predicted octanol–water partition coefficient (Wildman–Crippen LogP) is 3.01. The lowest BCUT2D eigenvalue weighted by Crippen LogP contribution is -2.70. The fraction of sp³-hybridized carbons (Fsp3) is 0.478. The van der Waals surface area contributed by atoms with Crippen molar-refractivity contribution in [2.75, 3.05) is 54.6 Å². The Morgan fingerprint density at radius 1 is 0.625 bits per heavy atom. The lowest BCUT2D eigenvalue weighted by atomic mass is 9.89. The molecule has 4 N–H and O–H groups in total. The second-order valence-corrected chi connectivity index (χ2v) is 16.5. The number of fused-ring (bicyclic) bond motifs is 2. The SMILES string of the molecule is C[C@H]1O[C@@H](OCCOC(=O)c2cnc3ccccc3n2)C[C@@](NCc2ccc(CN[C@@]3(N(C)C)C[C@H](OCCOC(=O)c4cnc5ccccc5n4)O[C@H](C)[C@H]3O)cc2)(N(C)C)[C@@H]1O. The molecule has 342 valence electrons. The van der Waals surface area contributed by atoms with Gasteiger partial charge in [0.1, 0.15) is 36.7 Å². The van der Waals surface area contributed by atoms with Crippen LogP contribution in [0, 0.1) is 0 Å². The van der Waals surface area contributed by atoms with E-state index in [1.807, 2.05) is 98.7 Å². The quantitative estimate of drug-likeness (QED) is 0.0566. The normalized spacial score (nSPS) is 26.1. The largest absolute Gasteiger partial charge is 0.458 e. The molecule has 8 atom stereocenters. The number of nitrogens with zero attached hydrogens (tertiary/aromatic N) is 6. The van der Waals surface area contributed by atoms with E-state index in [9.17, 15) is 19.8 Å². The van der Waals surface area contributed by atoms with Gasteiger partial charge in [0.25, 0.3) is 0 Å². The summed E-state index contributed by atoms with van der Waals surface area (Å²) in [4.78, 5) is 46.5. The lowest BCUT2D eigenvalue weighted by molar-refractivity contribution is -0.265. The van der Waals surface area contributed by atoms with Crippen LogP contribution in [0.25, 0.3) is 22.1 Å². The molecule has 3 aromatic carbocycles. The summed E-state index contributed by atoms with van der Waals surface area (Å²) in [5, 5.41) is 30.1. The number of ether oxygens (including phenoxy) is 6. The molecule has 0 spiro atoms. The molecule has 0 radical (unpaired) electrons. The molecular weight excluding hydrogens is 825 g/mol. The van der Waals surface area contributed by atoms with Crippen LogP contribution in [0.15, 0.2) is 85.2 Å². The van der Waals surface area contributed by atoms with Crippen LogP contribution in [0.4, 0.5) is 0 Å². The topological polar surface area (TPSA) is 212 Å². The first-order chi connectivity index (χ1) is 30.8. The van der Waals surface area contributed by atoms with E-state index in [1.165, 1.54) is 12.4 Å². The Labute approximate surface area is 372 Å². The molecule has 0 unspecified atom stereocenters. The van der Waals surface area contributed by atoms with Gasteiger partial charge < -0.3 is 38.6 Å². The molecule has 0 aliphatic carbocycles. The minimum atomic E-state index is -0.903. The average molecular weight is 883 g/mol. The van der Waals surface area contributed by atoms with E-state index in [0.717, 1.165) is 11.1 Å². The summed E-state index contributed by atoms with van der Waals surface area (Å²) in [5.41, 5.74) is 2.96. The molecule has 18 nitrogen and oxygen atoms in total. The third kappa shape index (κ3) is 10.7. The summed E-state index contributed by atoms with van der Waals surface area (Å²) in [6.45, 7) is 4.58. The Kier molecular flexibility index (Phi) is 15.2. The molecule has 5 aromatic rings. The maximum Gasteiger partial charge on any atom is 0.358 e. The Morgan fingerprint density at radius 3 is 1.38 bits per heavy atom. The van der Waals surface area contributed by atoms with Gasteiger partial charge in [0.15, 0.2) is 24.0 Å². The number of nitrogens with one attached hydrogen (secondary N) is 2. The summed E-state index contributed by atoms with van der Waals surface area (Å²) < 4.78 is 34.9. The number of aromatic nitrogens is 4. The Bertz CT molecular complexity index is 2200. The third-order valence-corrected chi connectivity index (χ3v) is 11.9. The fourth-order valence-electron chi connectivity index (χ4n) is 8.18. The highest BCUT2D eigenvalue weighted by Gasteiger charge is 2.51. The van der Waals surface area contributed by atoms with Crippen LogP contribution in [-0.4, -0.2) is 155 Å². The van der Waals surface area contributed by atoms with E-state index >= 15 is 0 Å². The number of rotatable bonds is 18. The van der Waals surface area contributed by atoms with Gasteiger partial charge in [-0.3, -0.25) is 30.4 Å². The number of aliphatic hydroxyl groups excluding tert-OH is 2. The molecule has 18 heteroatoms. The number of carbonyl (C=O) groups excluding carboxylic acids is 2. The van der Waals surface area contributed by atoms with Crippen molar-refractivity contribution in [2.45, 2.75) is 88.1 Å². The van der Waals surface area contributed by atoms with Gasteiger partial charge >= 0.3 is 11.9 Å². The van der Waals surface area contributed by atoms with Gasteiger partial charge in [-0.1, -0.05) is 48.5 Å². The monoisotopic (exact) mass is 882 g/mol. The fourth-order valence-corrected chi connectivity index (χ4v) is 8.18. The van der Waals surface area contributed by atoms with Crippen LogP contribution in [0.1, 0.15) is 58.8 Å². The Balaban J connectivity index is 0.893. The van der Waals surface area contributed by atoms with E-state index < -0.39 is 60.3 Å². The number of carbonyl (C=O) groups is 2. The van der Waals surface area contributed by atoms with Crippen molar-refractivity contribution >= 4 is 34.0 Å². The molecule has 2 aliphatic heterocycles. The number of aliphatic hydroxyl groups is 2. The number of esters is 2. The zero-order chi connectivity index (χ0) is 45.4. The van der Waals surface area contributed by atoms with Crippen LogP contribution < -0.4 is 10.6 Å². The van der Waals surface area contributed by atoms with Crippen LogP contribution >= 0.6 is 0 Å². The summed E-state index contributed by atoms with van der Waals surface area (Å²) in [7, 11) is 7.58. The molecule has 0 amide bonds. The van der Waals surface area contributed by atoms with Gasteiger partial charge in [0.2, 0.25) is 0 Å². The van der Waals surface area contributed by atoms with Gasteiger partial charge in [-0.25, -0.2) is 19.6 Å². The predicted molar refractivity (Wildman–Crippen MR) is 234 cm³/mol. The van der Waals surface area contributed by atoms with Crippen molar-refractivity contribution in [1.29, 1.82) is 0 Å². The maximum absolute atomic E-state index is 12.7. The van der Waals surface area contributed by atoms with E-state index in [-0.39, 0.29) is 37.8 Å². The molecule has 4 heterocycles. The maximum atomic E-state index is 12.7. The zero-order valence-corrected chi connectivity index (χ0v) is 37.0. The highest BCUT2D eigenvalue weighted by Crippen LogP contribution is 2.34. The van der Waals surface area contributed by atoms with Crippen LogP contribution in [0.2, 0.25) is 0 Å². The molecule has 7 rings (SSSR count). The number of likely N-dealkylation sites (N-methyl/N-ethyl adjacent to an activating group) is 2. The molecule has 64 heavy (non-hydrogen) atoms. The first kappa shape index (κ1) is 46.9. The zero-order valence-electron chi connectivity index (χ0n) is 37.0. The Hall–Kier alpha value is -5.12. The van der Waals surface area contributed by atoms with E-state index in [1.54, 1.807) is 26.0 Å². The molecule has 0 saturated carbocycles. The van der Waals surface area contributed by atoms with Gasteiger partial charge in [-0.2, -0.15) is 0 Å².